The van der Waals surface area contributed by atoms with Crippen molar-refractivity contribution in [1.29, 1.82) is 0 Å². The van der Waals surface area contributed by atoms with Crippen molar-refractivity contribution in [2.45, 2.75) is 70.8 Å². The molecule has 2 nitrogen and oxygen atoms in total. The molecule has 0 aliphatic carbocycles. The predicted molar refractivity (Wildman–Crippen MR) is 85.6 cm³/mol. The van der Waals surface area contributed by atoms with Crippen LogP contribution in [-0.4, -0.2) is 9.90 Å². The van der Waals surface area contributed by atoms with Crippen LogP contribution in [0.25, 0.3) is 0 Å². The Labute approximate surface area is 143 Å². The molecule has 0 radical (unpaired) electrons. The maximum atomic E-state index is 3.48. The van der Waals surface area contributed by atoms with Crippen molar-refractivity contribution in [3.8, 4) is 0 Å². The fourth-order valence-electron chi connectivity index (χ4n) is 2.44. The van der Waals surface area contributed by atoms with E-state index in [0.29, 0.717) is 0 Å². The maximum absolute atomic E-state index is 3.48. The molecular formula is C16H30Br2N2. The van der Waals surface area contributed by atoms with Crippen molar-refractivity contribution in [1.82, 2.24) is 4.57 Å². The summed E-state index contributed by atoms with van der Waals surface area (Å²) in [4.78, 5) is 0. The fraction of sp³-hybridized carbons (Fsp3) is 0.812. The minimum atomic E-state index is 0. The van der Waals surface area contributed by atoms with Gasteiger partial charge in [-0.25, -0.2) is 9.13 Å². The van der Waals surface area contributed by atoms with Crippen LogP contribution in [0, 0.1) is 0 Å². The average Bonchev–Trinajstić information content (AvgIpc) is 2.82. The van der Waals surface area contributed by atoms with Crippen molar-refractivity contribution in [2.24, 2.45) is 7.05 Å². The van der Waals surface area contributed by atoms with Crippen LogP contribution in [0.4, 0.5) is 0 Å². The zero-order valence-electron chi connectivity index (χ0n) is 12.9. The van der Waals surface area contributed by atoms with Crippen LogP contribution in [-0.2, 0) is 13.6 Å². The number of hydrogen-bond donors (Lipinski definition) is 0. The van der Waals surface area contributed by atoms with Crippen LogP contribution in [0.15, 0.2) is 18.7 Å². The fourth-order valence-corrected chi connectivity index (χ4v) is 2.83. The number of unbranched alkanes of at least 4 members (excludes halogenated alkanes) is 9. The standard InChI is InChI=1S/C16H30BrN2.BrH/c1-18-14-15-19(16-18)13-11-9-7-5-3-2-4-6-8-10-12-17;/h14-16H,2-13H2,1H3;1H/q+1;/p-1. The number of aryl methyl sites for hydroxylation is 2. The lowest BCUT2D eigenvalue weighted by Crippen LogP contribution is -3.00. The Morgan fingerprint density at radius 2 is 1.35 bits per heavy atom. The molecule has 0 unspecified atom stereocenters. The van der Waals surface area contributed by atoms with E-state index in [1.54, 1.807) is 0 Å². The Morgan fingerprint density at radius 1 is 0.850 bits per heavy atom. The largest absolute Gasteiger partial charge is 1.00 e. The quantitative estimate of drug-likeness (QED) is 0.281. The number of alkyl halides is 1. The second-order valence-corrected chi connectivity index (χ2v) is 6.33. The molecule has 0 aliphatic rings. The van der Waals surface area contributed by atoms with Crippen molar-refractivity contribution in [2.75, 3.05) is 5.33 Å². The summed E-state index contributed by atoms with van der Waals surface area (Å²) in [5, 5.41) is 1.17. The van der Waals surface area contributed by atoms with E-state index in [4.69, 9.17) is 0 Å². The molecule has 0 spiro atoms. The van der Waals surface area contributed by atoms with Gasteiger partial charge in [-0.15, -0.1) is 0 Å². The van der Waals surface area contributed by atoms with E-state index in [2.05, 4.69) is 50.8 Å². The third kappa shape index (κ3) is 10.9. The maximum Gasteiger partial charge on any atom is 0.243 e. The molecule has 0 aromatic carbocycles. The van der Waals surface area contributed by atoms with Gasteiger partial charge in [0.15, 0.2) is 0 Å². The molecule has 1 heterocycles. The number of hydrogen-bond acceptors (Lipinski definition) is 0. The minimum absolute atomic E-state index is 0. The molecular weight excluding hydrogens is 380 g/mol. The van der Waals surface area contributed by atoms with Crippen LogP contribution in [0.2, 0.25) is 0 Å². The SMILES string of the molecule is C[n+]1ccn(CCCCCCCCCCCCBr)c1.[Br-]. The van der Waals surface area contributed by atoms with E-state index in [9.17, 15) is 0 Å². The van der Waals surface area contributed by atoms with Crippen molar-refractivity contribution in [3.05, 3.63) is 18.7 Å². The summed E-state index contributed by atoms with van der Waals surface area (Å²) in [5.41, 5.74) is 0. The molecule has 20 heavy (non-hydrogen) atoms. The van der Waals surface area contributed by atoms with Crippen LogP contribution in [0.5, 0.6) is 0 Å². The van der Waals surface area contributed by atoms with Gasteiger partial charge in [-0.05, 0) is 19.3 Å². The van der Waals surface area contributed by atoms with Crippen molar-refractivity contribution < 1.29 is 21.5 Å². The number of aromatic nitrogens is 2. The zero-order chi connectivity index (χ0) is 13.8. The molecule has 0 aliphatic heterocycles. The molecule has 0 bridgehead atoms. The van der Waals surface area contributed by atoms with Crippen LogP contribution in [0.3, 0.4) is 0 Å². The Bertz CT molecular complexity index is 313. The third-order valence-electron chi connectivity index (χ3n) is 3.62. The van der Waals surface area contributed by atoms with Crippen LogP contribution < -0.4 is 21.5 Å². The number of halogens is 2. The van der Waals surface area contributed by atoms with Gasteiger partial charge in [-0.1, -0.05) is 60.9 Å². The molecule has 118 valence electrons. The highest BCUT2D eigenvalue weighted by atomic mass is 79.9. The molecule has 0 saturated heterocycles. The highest BCUT2D eigenvalue weighted by Crippen LogP contribution is 2.11. The van der Waals surface area contributed by atoms with Crippen LogP contribution >= 0.6 is 15.9 Å². The monoisotopic (exact) mass is 408 g/mol. The molecule has 1 rings (SSSR count). The minimum Gasteiger partial charge on any atom is -1.00 e. The Kier molecular flexibility index (Phi) is 14.2. The molecule has 0 amide bonds. The first-order valence-corrected chi connectivity index (χ1v) is 9.02. The summed E-state index contributed by atoms with van der Waals surface area (Å²) in [6.45, 7) is 1.17. The molecule has 4 heteroatoms. The first-order chi connectivity index (χ1) is 9.33. The summed E-state index contributed by atoms with van der Waals surface area (Å²) in [6, 6.07) is 0. The van der Waals surface area contributed by atoms with E-state index < -0.39 is 0 Å². The molecule has 0 atom stereocenters. The first kappa shape index (κ1) is 20.2. The number of nitrogens with zero attached hydrogens (tertiary/aromatic N) is 2. The van der Waals surface area contributed by atoms with E-state index in [-0.39, 0.29) is 17.0 Å². The van der Waals surface area contributed by atoms with Gasteiger partial charge in [-0.3, -0.25) is 0 Å². The lowest BCUT2D eigenvalue weighted by molar-refractivity contribution is -0.671. The van der Waals surface area contributed by atoms with Gasteiger partial charge in [0.25, 0.3) is 0 Å². The lowest BCUT2D eigenvalue weighted by Gasteiger charge is -2.01. The Morgan fingerprint density at radius 3 is 1.80 bits per heavy atom. The molecule has 0 fully saturated rings. The lowest BCUT2D eigenvalue weighted by atomic mass is 10.1. The number of rotatable bonds is 12. The average molecular weight is 410 g/mol. The van der Waals surface area contributed by atoms with E-state index >= 15 is 0 Å². The molecule has 1 aromatic rings. The van der Waals surface area contributed by atoms with Gasteiger partial charge < -0.3 is 17.0 Å². The topological polar surface area (TPSA) is 8.81 Å². The van der Waals surface area contributed by atoms with Gasteiger partial charge in [0, 0.05) is 5.33 Å². The Balaban J connectivity index is 0.00000361. The number of imidazole rings is 1. The molecule has 0 saturated carbocycles. The summed E-state index contributed by atoms with van der Waals surface area (Å²) in [7, 11) is 2.08. The molecule has 0 N–H and O–H groups in total. The summed E-state index contributed by atoms with van der Waals surface area (Å²) in [5.74, 6) is 0. The van der Waals surface area contributed by atoms with E-state index in [0.717, 1.165) is 0 Å². The third-order valence-corrected chi connectivity index (χ3v) is 4.18. The van der Waals surface area contributed by atoms with Gasteiger partial charge in [-0.2, -0.15) is 0 Å². The second kappa shape index (κ2) is 14.1. The summed E-state index contributed by atoms with van der Waals surface area (Å²) in [6.07, 6.45) is 20.5. The van der Waals surface area contributed by atoms with Gasteiger partial charge in [0.1, 0.15) is 12.4 Å². The van der Waals surface area contributed by atoms with Gasteiger partial charge in [0.05, 0.1) is 13.6 Å². The van der Waals surface area contributed by atoms with E-state index in [1.807, 2.05) is 0 Å². The predicted octanol–water partition coefficient (Wildman–Crippen LogP) is 1.61. The zero-order valence-corrected chi connectivity index (χ0v) is 16.0. The summed E-state index contributed by atoms with van der Waals surface area (Å²) >= 11 is 3.48. The Hall–Kier alpha value is 0.170. The smallest absolute Gasteiger partial charge is 0.243 e. The van der Waals surface area contributed by atoms with E-state index in [1.165, 1.54) is 76.1 Å². The van der Waals surface area contributed by atoms with Crippen LogP contribution in [0.1, 0.15) is 64.2 Å². The van der Waals surface area contributed by atoms with Crippen molar-refractivity contribution >= 4 is 15.9 Å². The van der Waals surface area contributed by atoms with Gasteiger partial charge in [0.2, 0.25) is 6.33 Å². The normalized spacial score (nSPS) is 10.5. The molecule has 1 aromatic heterocycles. The first-order valence-electron chi connectivity index (χ1n) is 7.90. The highest BCUT2D eigenvalue weighted by molar-refractivity contribution is 9.09. The highest BCUT2D eigenvalue weighted by Gasteiger charge is 1.99. The van der Waals surface area contributed by atoms with Crippen molar-refractivity contribution in [3.63, 3.8) is 0 Å². The summed E-state index contributed by atoms with van der Waals surface area (Å²) < 4.78 is 4.39. The van der Waals surface area contributed by atoms with Gasteiger partial charge >= 0.3 is 0 Å². The second-order valence-electron chi connectivity index (χ2n) is 5.54.